The molecule has 3 aromatic heterocycles. The number of hydrogen-bond acceptors (Lipinski definition) is 5. The number of anilines is 1. The van der Waals surface area contributed by atoms with Gasteiger partial charge in [-0.25, -0.2) is 4.98 Å². The molecule has 7 nitrogen and oxygen atoms in total. The van der Waals surface area contributed by atoms with Crippen molar-refractivity contribution in [3.05, 3.63) is 49.3 Å². The van der Waals surface area contributed by atoms with Crippen molar-refractivity contribution in [3.8, 4) is 0 Å². The average Bonchev–Trinajstić information content (AvgIpc) is 3.22. The zero-order chi connectivity index (χ0) is 14.8. The molecule has 0 aliphatic heterocycles. The van der Waals surface area contributed by atoms with E-state index in [0.717, 1.165) is 41.7 Å². The topological polar surface area (TPSA) is 72.9 Å². The molecule has 0 bridgehead atoms. The molecular formula is C15H15N7. The molecule has 0 fully saturated rings. The summed E-state index contributed by atoms with van der Waals surface area (Å²) in [4.78, 5) is 4.04. The number of rotatable bonds is 5. The second-order valence-electron chi connectivity index (χ2n) is 5.07. The van der Waals surface area contributed by atoms with Crippen molar-refractivity contribution >= 4 is 22.2 Å². The van der Waals surface area contributed by atoms with Crippen LogP contribution in [0.3, 0.4) is 0 Å². The van der Waals surface area contributed by atoms with Crippen LogP contribution < -0.4 is 5.32 Å². The Hall–Kier alpha value is -2.96. The van der Waals surface area contributed by atoms with Crippen LogP contribution in [0.15, 0.2) is 49.3 Å². The van der Waals surface area contributed by atoms with Gasteiger partial charge in [0.05, 0.1) is 6.33 Å². The highest BCUT2D eigenvalue weighted by atomic mass is 15.4. The zero-order valence-corrected chi connectivity index (χ0v) is 11.9. The largest absolute Gasteiger partial charge is 0.368 e. The normalized spacial score (nSPS) is 11.3. The van der Waals surface area contributed by atoms with Crippen molar-refractivity contribution < 1.29 is 0 Å². The number of fused-ring (bicyclic) bond motifs is 3. The Kier molecular flexibility index (Phi) is 3.15. The predicted molar refractivity (Wildman–Crippen MR) is 83.6 cm³/mol. The first-order chi connectivity index (χ1) is 10.9. The summed E-state index contributed by atoms with van der Waals surface area (Å²) in [7, 11) is 0. The molecule has 110 valence electrons. The van der Waals surface area contributed by atoms with E-state index in [1.165, 1.54) is 0 Å². The molecule has 0 unspecified atom stereocenters. The molecule has 1 aromatic carbocycles. The highest BCUT2D eigenvalue weighted by Crippen LogP contribution is 2.23. The van der Waals surface area contributed by atoms with Gasteiger partial charge < -0.3 is 9.88 Å². The lowest BCUT2D eigenvalue weighted by Crippen LogP contribution is -2.09. The summed E-state index contributed by atoms with van der Waals surface area (Å²) in [5.74, 6) is 0.855. The van der Waals surface area contributed by atoms with Crippen LogP contribution in [0, 0.1) is 0 Å². The molecule has 0 aliphatic carbocycles. The van der Waals surface area contributed by atoms with Gasteiger partial charge in [-0.15, -0.1) is 15.3 Å². The zero-order valence-electron chi connectivity index (χ0n) is 11.9. The standard InChI is InChI=1S/C15H15N7/c1-2-5-13-12(4-1)14(20-22-11-18-19-15(13)22)17-6-3-8-21-9-7-16-10-21/h1-2,4-5,7,9-11H,3,6,8H2,(H,17,20). The van der Waals surface area contributed by atoms with Gasteiger partial charge in [0.2, 0.25) is 0 Å². The SMILES string of the molecule is c1ccc2c(c1)c(NCCCn1ccnc1)nn1cnnc21. The van der Waals surface area contributed by atoms with Gasteiger partial charge in [-0.1, -0.05) is 24.3 Å². The molecular weight excluding hydrogens is 278 g/mol. The van der Waals surface area contributed by atoms with Crippen molar-refractivity contribution in [3.63, 3.8) is 0 Å². The van der Waals surface area contributed by atoms with Crippen LogP contribution >= 0.6 is 0 Å². The van der Waals surface area contributed by atoms with E-state index in [1.807, 2.05) is 30.7 Å². The number of aryl methyl sites for hydroxylation is 1. The van der Waals surface area contributed by atoms with Crippen molar-refractivity contribution in [2.45, 2.75) is 13.0 Å². The fraction of sp³-hybridized carbons (Fsp3) is 0.200. The van der Waals surface area contributed by atoms with Crippen LogP contribution in [0.4, 0.5) is 5.82 Å². The summed E-state index contributed by atoms with van der Waals surface area (Å²) in [5.41, 5.74) is 0.777. The van der Waals surface area contributed by atoms with Gasteiger partial charge in [-0.2, -0.15) is 4.52 Å². The number of nitrogens with one attached hydrogen (secondary N) is 1. The lowest BCUT2D eigenvalue weighted by molar-refractivity contribution is 0.659. The Morgan fingerprint density at radius 1 is 1.09 bits per heavy atom. The summed E-state index contributed by atoms with van der Waals surface area (Å²) in [6.45, 7) is 1.77. The van der Waals surface area contributed by atoms with E-state index in [4.69, 9.17) is 0 Å². The summed E-state index contributed by atoms with van der Waals surface area (Å²) in [5, 5.41) is 18.1. The van der Waals surface area contributed by atoms with Gasteiger partial charge in [0.15, 0.2) is 11.5 Å². The number of hydrogen-bond donors (Lipinski definition) is 1. The van der Waals surface area contributed by atoms with E-state index in [1.54, 1.807) is 17.0 Å². The van der Waals surface area contributed by atoms with Gasteiger partial charge in [-0.05, 0) is 6.42 Å². The molecule has 0 radical (unpaired) electrons. The van der Waals surface area contributed by atoms with Crippen molar-refractivity contribution in [1.82, 2.24) is 29.4 Å². The van der Waals surface area contributed by atoms with Gasteiger partial charge >= 0.3 is 0 Å². The third-order valence-electron chi connectivity index (χ3n) is 3.61. The molecule has 7 heteroatoms. The molecule has 0 spiro atoms. The molecule has 0 saturated carbocycles. The summed E-state index contributed by atoms with van der Waals surface area (Å²) in [6, 6.07) is 8.10. The van der Waals surface area contributed by atoms with E-state index in [2.05, 4.69) is 36.2 Å². The molecule has 0 saturated heterocycles. The number of nitrogens with zero attached hydrogens (tertiary/aromatic N) is 6. The Balaban J connectivity index is 1.57. The first-order valence-corrected chi connectivity index (χ1v) is 7.20. The number of benzene rings is 1. The Morgan fingerprint density at radius 2 is 2.00 bits per heavy atom. The summed E-state index contributed by atoms with van der Waals surface area (Å²) < 4.78 is 3.77. The number of imidazole rings is 1. The van der Waals surface area contributed by atoms with Crippen LogP contribution in [0.25, 0.3) is 16.4 Å². The fourth-order valence-electron chi connectivity index (χ4n) is 2.54. The predicted octanol–water partition coefficient (Wildman–Crippen LogP) is 1.98. The van der Waals surface area contributed by atoms with Crippen molar-refractivity contribution in [1.29, 1.82) is 0 Å². The van der Waals surface area contributed by atoms with Crippen LogP contribution in [0.2, 0.25) is 0 Å². The maximum Gasteiger partial charge on any atom is 0.185 e. The quantitative estimate of drug-likeness (QED) is 0.570. The van der Waals surface area contributed by atoms with Crippen LogP contribution in [0.5, 0.6) is 0 Å². The van der Waals surface area contributed by atoms with Crippen LogP contribution in [0.1, 0.15) is 6.42 Å². The van der Waals surface area contributed by atoms with Gasteiger partial charge in [0, 0.05) is 36.3 Å². The van der Waals surface area contributed by atoms with Crippen molar-refractivity contribution in [2.24, 2.45) is 0 Å². The third-order valence-corrected chi connectivity index (χ3v) is 3.61. The molecule has 4 rings (SSSR count). The highest BCUT2D eigenvalue weighted by Gasteiger charge is 2.08. The highest BCUT2D eigenvalue weighted by molar-refractivity contribution is 5.99. The average molecular weight is 293 g/mol. The Morgan fingerprint density at radius 3 is 2.86 bits per heavy atom. The monoisotopic (exact) mass is 293 g/mol. The van der Waals surface area contributed by atoms with E-state index in [-0.39, 0.29) is 0 Å². The van der Waals surface area contributed by atoms with E-state index in [9.17, 15) is 0 Å². The second-order valence-corrected chi connectivity index (χ2v) is 5.07. The fourth-order valence-corrected chi connectivity index (χ4v) is 2.54. The Bertz CT molecular complexity index is 895. The molecule has 0 aliphatic rings. The van der Waals surface area contributed by atoms with E-state index < -0.39 is 0 Å². The van der Waals surface area contributed by atoms with Gasteiger partial charge in [-0.3, -0.25) is 0 Å². The van der Waals surface area contributed by atoms with Crippen LogP contribution in [-0.4, -0.2) is 35.9 Å². The molecule has 0 atom stereocenters. The maximum atomic E-state index is 4.56. The summed E-state index contributed by atoms with van der Waals surface area (Å²) in [6.07, 6.45) is 8.21. The minimum Gasteiger partial charge on any atom is -0.368 e. The van der Waals surface area contributed by atoms with E-state index in [0.29, 0.717) is 0 Å². The minimum absolute atomic E-state index is 0.777. The molecule has 0 amide bonds. The first-order valence-electron chi connectivity index (χ1n) is 7.20. The summed E-state index contributed by atoms with van der Waals surface area (Å²) >= 11 is 0. The molecule has 1 N–H and O–H groups in total. The van der Waals surface area contributed by atoms with Crippen molar-refractivity contribution in [2.75, 3.05) is 11.9 Å². The first kappa shape index (κ1) is 12.8. The maximum absolute atomic E-state index is 4.56. The minimum atomic E-state index is 0.777. The lowest BCUT2D eigenvalue weighted by atomic mass is 10.2. The molecule has 3 heterocycles. The van der Waals surface area contributed by atoms with Gasteiger partial charge in [0.25, 0.3) is 0 Å². The Labute approximate surface area is 126 Å². The second kappa shape index (κ2) is 5.44. The third kappa shape index (κ3) is 2.26. The molecule has 4 aromatic rings. The van der Waals surface area contributed by atoms with Gasteiger partial charge in [0.1, 0.15) is 6.33 Å². The molecule has 22 heavy (non-hydrogen) atoms. The lowest BCUT2D eigenvalue weighted by Gasteiger charge is -2.09. The van der Waals surface area contributed by atoms with E-state index >= 15 is 0 Å². The van der Waals surface area contributed by atoms with Crippen LogP contribution in [-0.2, 0) is 6.54 Å². The smallest absolute Gasteiger partial charge is 0.185 e. The number of aromatic nitrogens is 6.